The molecule has 1 atom stereocenters. The van der Waals surface area contributed by atoms with Crippen LogP contribution in [-0.4, -0.2) is 0 Å². The average molecular weight is 366 g/mol. The van der Waals surface area contributed by atoms with Gasteiger partial charge in [-0.25, -0.2) is 5.43 Å². The van der Waals surface area contributed by atoms with Crippen LogP contribution >= 0.6 is 22.6 Å². The first-order chi connectivity index (χ1) is 9.26. The second-order valence-electron chi connectivity index (χ2n) is 4.62. The number of hydrazine groups is 1. The third-order valence-corrected chi connectivity index (χ3v) is 4.19. The molecule has 3 N–H and O–H groups in total. The zero-order valence-corrected chi connectivity index (χ0v) is 13.2. The normalized spacial score (nSPS) is 12.4. The van der Waals surface area contributed by atoms with E-state index in [0.717, 1.165) is 12.8 Å². The summed E-state index contributed by atoms with van der Waals surface area (Å²) in [6, 6.07) is 17.0. The van der Waals surface area contributed by atoms with E-state index in [1.165, 1.54) is 20.3 Å². The molecule has 2 rings (SSSR count). The predicted octanol–water partition coefficient (Wildman–Crippen LogP) is 3.80. The lowest BCUT2D eigenvalue weighted by Crippen LogP contribution is -2.29. The predicted molar refractivity (Wildman–Crippen MR) is 88.8 cm³/mol. The van der Waals surface area contributed by atoms with Gasteiger partial charge in [-0.2, -0.15) is 0 Å². The Morgan fingerprint density at radius 3 is 2.63 bits per heavy atom. The first-order valence-electron chi connectivity index (χ1n) is 6.55. The fourth-order valence-electron chi connectivity index (χ4n) is 2.29. The SMILES string of the molecule is CCCc1cccc(C(NN)c2ccccc2I)c1. The Kier molecular flexibility index (Phi) is 5.36. The van der Waals surface area contributed by atoms with Gasteiger partial charge in [-0.15, -0.1) is 0 Å². The van der Waals surface area contributed by atoms with Gasteiger partial charge in [0.15, 0.2) is 0 Å². The molecule has 0 heterocycles. The second kappa shape index (κ2) is 7.03. The molecule has 19 heavy (non-hydrogen) atoms. The van der Waals surface area contributed by atoms with Crippen LogP contribution in [-0.2, 0) is 6.42 Å². The number of hydrogen-bond acceptors (Lipinski definition) is 2. The number of benzene rings is 2. The molecule has 0 aliphatic carbocycles. The third-order valence-electron chi connectivity index (χ3n) is 3.21. The number of nitrogens with two attached hydrogens (primary N) is 1. The highest BCUT2D eigenvalue weighted by molar-refractivity contribution is 14.1. The summed E-state index contributed by atoms with van der Waals surface area (Å²) in [6.45, 7) is 2.20. The van der Waals surface area contributed by atoms with E-state index in [4.69, 9.17) is 5.84 Å². The standard InChI is InChI=1S/C16H19IN2/c1-2-6-12-7-5-8-13(11-12)16(19-18)14-9-3-4-10-15(14)17/h3-5,7-11,16,19H,2,6,18H2,1H3. The van der Waals surface area contributed by atoms with E-state index in [2.05, 4.69) is 77.4 Å². The minimum Gasteiger partial charge on any atom is -0.271 e. The Morgan fingerprint density at radius 1 is 1.16 bits per heavy atom. The fraction of sp³-hybridized carbons (Fsp3) is 0.250. The van der Waals surface area contributed by atoms with Crippen LogP contribution in [0.3, 0.4) is 0 Å². The van der Waals surface area contributed by atoms with Crippen molar-refractivity contribution in [2.75, 3.05) is 0 Å². The van der Waals surface area contributed by atoms with Crippen molar-refractivity contribution in [2.45, 2.75) is 25.8 Å². The van der Waals surface area contributed by atoms with Gasteiger partial charge in [0.2, 0.25) is 0 Å². The molecule has 2 nitrogen and oxygen atoms in total. The van der Waals surface area contributed by atoms with Crippen molar-refractivity contribution < 1.29 is 0 Å². The van der Waals surface area contributed by atoms with Crippen LogP contribution in [0.2, 0.25) is 0 Å². The van der Waals surface area contributed by atoms with Gasteiger partial charge in [-0.3, -0.25) is 5.84 Å². The van der Waals surface area contributed by atoms with E-state index >= 15 is 0 Å². The van der Waals surface area contributed by atoms with Gasteiger partial charge in [0.05, 0.1) is 6.04 Å². The smallest absolute Gasteiger partial charge is 0.0720 e. The van der Waals surface area contributed by atoms with Crippen molar-refractivity contribution in [1.82, 2.24) is 5.43 Å². The maximum absolute atomic E-state index is 5.78. The van der Waals surface area contributed by atoms with Gasteiger partial charge in [0.25, 0.3) is 0 Å². The van der Waals surface area contributed by atoms with Gasteiger partial charge in [0, 0.05) is 3.57 Å². The molecule has 0 aromatic heterocycles. The molecule has 1 unspecified atom stereocenters. The molecule has 0 bridgehead atoms. The fourth-order valence-corrected chi connectivity index (χ4v) is 2.99. The van der Waals surface area contributed by atoms with Crippen molar-refractivity contribution in [3.05, 3.63) is 68.8 Å². The average Bonchev–Trinajstić information content (AvgIpc) is 2.43. The van der Waals surface area contributed by atoms with E-state index in [1.54, 1.807) is 0 Å². The second-order valence-corrected chi connectivity index (χ2v) is 5.78. The van der Waals surface area contributed by atoms with E-state index < -0.39 is 0 Å². The van der Waals surface area contributed by atoms with Crippen molar-refractivity contribution in [3.63, 3.8) is 0 Å². The molecule has 0 spiro atoms. The van der Waals surface area contributed by atoms with Gasteiger partial charge in [-0.05, 0) is 51.8 Å². The summed E-state index contributed by atoms with van der Waals surface area (Å²) < 4.78 is 1.23. The molecular weight excluding hydrogens is 347 g/mol. The van der Waals surface area contributed by atoms with Crippen LogP contribution in [0.5, 0.6) is 0 Å². The molecular formula is C16H19IN2. The Morgan fingerprint density at radius 2 is 1.95 bits per heavy atom. The molecule has 3 heteroatoms. The molecule has 2 aromatic carbocycles. The highest BCUT2D eigenvalue weighted by atomic mass is 127. The Balaban J connectivity index is 2.37. The Bertz CT molecular complexity index is 540. The molecule has 0 saturated carbocycles. The summed E-state index contributed by atoms with van der Waals surface area (Å²) in [5.74, 6) is 5.78. The maximum Gasteiger partial charge on any atom is 0.0720 e. The minimum absolute atomic E-state index is 0.0462. The van der Waals surface area contributed by atoms with Gasteiger partial charge in [0.1, 0.15) is 0 Å². The summed E-state index contributed by atoms with van der Waals surface area (Å²) in [5, 5.41) is 0. The van der Waals surface area contributed by atoms with Crippen molar-refractivity contribution in [3.8, 4) is 0 Å². The Hall–Kier alpha value is -0.910. The highest BCUT2D eigenvalue weighted by Gasteiger charge is 2.14. The van der Waals surface area contributed by atoms with Crippen LogP contribution in [0.25, 0.3) is 0 Å². The molecule has 0 saturated heterocycles. The van der Waals surface area contributed by atoms with Gasteiger partial charge >= 0.3 is 0 Å². The largest absolute Gasteiger partial charge is 0.271 e. The lowest BCUT2D eigenvalue weighted by molar-refractivity contribution is 0.633. The molecule has 0 amide bonds. The highest BCUT2D eigenvalue weighted by Crippen LogP contribution is 2.26. The lowest BCUT2D eigenvalue weighted by atomic mass is 9.96. The monoisotopic (exact) mass is 366 g/mol. The molecule has 0 fully saturated rings. The zero-order chi connectivity index (χ0) is 13.7. The number of hydrogen-bond donors (Lipinski definition) is 2. The summed E-state index contributed by atoms with van der Waals surface area (Å²) in [5.41, 5.74) is 6.75. The van der Waals surface area contributed by atoms with E-state index in [-0.39, 0.29) is 6.04 Å². The summed E-state index contributed by atoms with van der Waals surface area (Å²) in [7, 11) is 0. The molecule has 0 radical (unpaired) electrons. The van der Waals surface area contributed by atoms with Crippen molar-refractivity contribution >= 4 is 22.6 Å². The molecule has 100 valence electrons. The third kappa shape index (κ3) is 3.55. The molecule has 2 aromatic rings. The number of aryl methyl sites for hydroxylation is 1. The van der Waals surface area contributed by atoms with Gasteiger partial charge < -0.3 is 0 Å². The van der Waals surface area contributed by atoms with Crippen LogP contribution in [0, 0.1) is 3.57 Å². The summed E-state index contributed by atoms with van der Waals surface area (Å²) in [4.78, 5) is 0. The van der Waals surface area contributed by atoms with Crippen molar-refractivity contribution in [2.24, 2.45) is 5.84 Å². The maximum atomic E-state index is 5.78. The van der Waals surface area contributed by atoms with Crippen LogP contribution in [0.15, 0.2) is 48.5 Å². The Labute approximate surface area is 128 Å². The quantitative estimate of drug-likeness (QED) is 0.480. The van der Waals surface area contributed by atoms with Crippen LogP contribution in [0.4, 0.5) is 0 Å². The number of nitrogens with one attached hydrogen (secondary N) is 1. The van der Waals surface area contributed by atoms with Crippen molar-refractivity contribution in [1.29, 1.82) is 0 Å². The zero-order valence-electron chi connectivity index (χ0n) is 11.1. The first-order valence-corrected chi connectivity index (χ1v) is 7.63. The van der Waals surface area contributed by atoms with Crippen LogP contribution in [0.1, 0.15) is 36.1 Å². The minimum atomic E-state index is 0.0462. The van der Waals surface area contributed by atoms with E-state index in [1.807, 2.05) is 6.07 Å². The lowest BCUT2D eigenvalue weighted by Gasteiger charge is -2.19. The van der Waals surface area contributed by atoms with Gasteiger partial charge in [-0.1, -0.05) is 55.8 Å². The number of halogens is 1. The summed E-state index contributed by atoms with van der Waals surface area (Å²) >= 11 is 2.36. The molecule has 0 aliphatic heterocycles. The summed E-state index contributed by atoms with van der Waals surface area (Å²) in [6.07, 6.45) is 2.27. The topological polar surface area (TPSA) is 38.0 Å². The number of rotatable bonds is 5. The van der Waals surface area contributed by atoms with E-state index in [9.17, 15) is 0 Å². The van der Waals surface area contributed by atoms with Crippen LogP contribution < -0.4 is 11.3 Å². The van der Waals surface area contributed by atoms with E-state index in [0.29, 0.717) is 0 Å². The molecule has 0 aliphatic rings. The first kappa shape index (κ1) is 14.5.